The molecule has 5 rings (SSSR count). The van der Waals surface area contributed by atoms with Crippen LogP contribution in [0.1, 0.15) is 0 Å². The molecule has 12 heteroatoms. The van der Waals surface area contributed by atoms with Crippen LogP contribution in [0.25, 0.3) is 43.9 Å². The fraction of sp³-hybridized carbons (Fsp3) is 0.250. The highest BCUT2D eigenvalue weighted by Crippen LogP contribution is 2.43. The first kappa shape index (κ1) is 20.8. The highest BCUT2D eigenvalue weighted by Gasteiger charge is 2.25. The second-order valence-electron chi connectivity index (χ2n) is 7.18. The fourth-order valence-corrected chi connectivity index (χ4v) is 6.12. The van der Waals surface area contributed by atoms with E-state index in [4.69, 9.17) is 15.5 Å². The van der Waals surface area contributed by atoms with Crippen LogP contribution >= 0.6 is 11.3 Å². The third-order valence-corrected chi connectivity index (χ3v) is 7.95. The summed E-state index contributed by atoms with van der Waals surface area (Å²) in [6.45, 7) is 0.386. The molecule has 0 aliphatic rings. The number of ether oxygens (including phenoxy) is 1. The van der Waals surface area contributed by atoms with Crippen molar-refractivity contribution in [2.75, 3.05) is 25.2 Å². The van der Waals surface area contributed by atoms with Gasteiger partial charge >= 0.3 is 0 Å². The van der Waals surface area contributed by atoms with Gasteiger partial charge in [-0.15, -0.1) is 5.10 Å². The average Bonchev–Trinajstić information content (AvgIpc) is 3.46. The Balaban J connectivity index is 1.73. The zero-order valence-electron chi connectivity index (χ0n) is 17.6. The van der Waals surface area contributed by atoms with E-state index < -0.39 is 11.2 Å². The topological polar surface area (TPSA) is 133 Å². The van der Waals surface area contributed by atoms with Crippen LogP contribution in [0, 0.1) is 0 Å². The summed E-state index contributed by atoms with van der Waals surface area (Å²) >= 11 is 0.0602. The zero-order chi connectivity index (χ0) is 22.4. The quantitative estimate of drug-likeness (QED) is 0.376. The van der Waals surface area contributed by atoms with Crippen molar-refractivity contribution in [2.24, 2.45) is 14.1 Å². The number of hydrogen-bond acceptors (Lipinski definition) is 9. The molecule has 5 aromatic heterocycles. The number of fused-ring (bicyclic) bond motifs is 2. The third-order valence-electron chi connectivity index (χ3n) is 5.08. The Labute approximate surface area is 190 Å². The fourth-order valence-electron chi connectivity index (χ4n) is 3.56. The first-order valence-corrected chi connectivity index (χ1v) is 11.9. The number of thiophene rings is 1. The van der Waals surface area contributed by atoms with Gasteiger partial charge in [0.2, 0.25) is 9.86 Å². The van der Waals surface area contributed by atoms with Crippen molar-refractivity contribution in [1.82, 2.24) is 34.7 Å². The Morgan fingerprint density at radius 2 is 2.09 bits per heavy atom. The SMILES string of the molecule is COCC[S@@+]([O-])c1sc2nc(-c3cnc4nn(C)nc4c3)cc(-c3ccnn3C)c2c1N. The molecule has 0 spiro atoms. The number of hydrogen-bond donors (Lipinski definition) is 1. The van der Waals surface area contributed by atoms with Crippen LogP contribution in [0.15, 0.2) is 34.8 Å². The van der Waals surface area contributed by atoms with Gasteiger partial charge in [-0.25, -0.2) is 9.97 Å². The van der Waals surface area contributed by atoms with E-state index in [9.17, 15) is 4.55 Å². The lowest BCUT2D eigenvalue weighted by Gasteiger charge is -2.09. The molecule has 0 amide bonds. The van der Waals surface area contributed by atoms with Crippen molar-refractivity contribution in [3.63, 3.8) is 0 Å². The van der Waals surface area contributed by atoms with E-state index in [0.29, 0.717) is 43.9 Å². The number of aromatic nitrogens is 7. The van der Waals surface area contributed by atoms with Crippen molar-refractivity contribution < 1.29 is 9.29 Å². The molecule has 0 aliphatic carbocycles. The van der Waals surface area contributed by atoms with Gasteiger partial charge < -0.3 is 15.0 Å². The molecule has 5 heterocycles. The summed E-state index contributed by atoms with van der Waals surface area (Å²) in [5.74, 6) is 0.370. The Bertz CT molecular complexity index is 1440. The molecule has 0 radical (unpaired) electrons. The molecule has 164 valence electrons. The van der Waals surface area contributed by atoms with Crippen LogP contribution in [0.4, 0.5) is 5.69 Å². The van der Waals surface area contributed by atoms with Crippen LogP contribution < -0.4 is 5.73 Å². The lowest BCUT2D eigenvalue weighted by Crippen LogP contribution is -2.11. The molecule has 10 nitrogen and oxygen atoms in total. The minimum absolute atomic E-state index is 0.370. The van der Waals surface area contributed by atoms with Crippen molar-refractivity contribution in [3.05, 3.63) is 30.6 Å². The van der Waals surface area contributed by atoms with Crippen LogP contribution in [-0.2, 0) is 30.0 Å². The average molecular weight is 469 g/mol. The summed E-state index contributed by atoms with van der Waals surface area (Å²) in [7, 11) is 5.21. The van der Waals surface area contributed by atoms with E-state index in [2.05, 4.69) is 20.3 Å². The molecule has 0 aromatic carbocycles. The Kier molecular flexibility index (Phi) is 5.29. The van der Waals surface area contributed by atoms with Crippen LogP contribution in [-0.4, -0.2) is 58.8 Å². The summed E-state index contributed by atoms with van der Waals surface area (Å²) in [5, 5.41) is 13.7. The monoisotopic (exact) mass is 468 g/mol. The second kappa shape index (κ2) is 8.13. The third kappa shape index (κ3) is 3.50. The van der Waals surface area contributed by atoms with Crippen LogP contribution in [0.3, 0.4) is 0 Å². The van der Waals surface area contributed by atoms with Gasteiger partial charge in [0.1, 0.15) is 21.8 Å². The second-order valence-corrected chi connectivity index (χ2v) is 9.94. The normalized spacial score (nSPS) is 12.8. The molecule has 32 heavy (non-hydrogen) atoms. The van der Waals surface area contributed by atoms with E-state index in [1.165, 1.54) is 16.1 Å². The van der Waals surface area contributed by atoms with E-state index in [1.807, 2.05) is 25.2 Å². The maximum Gasteiger partial charge on any atom is 0.232 e. The van der Waals surface area contributed by atoms with Gasteiger partial charge in [0.15, 0.2) is 0 Å². The molecule has 0 bridgehead atoms. The predicted molar refractivity (Wildman–Crippen MR) is 125 cm³/mol. The molecular formula is C20H20N8O2S2. The molecule has 1 atom stereocenters. The number of pyridine rings is 2. The number of nitrogens with two attached hydrogens (primary N) is 1. The van der Waals surface area contributed by atoms with Gasteiger partial charge in [-0.2, -0.15) is 15.0 Å². The maximum absolute atomic E-state index is 12.9. The van der Waals surface area contributed by atoms with Gasteiger partial charge in [0.05, 0.1) is 18.0 Å². The summed E-state index contributed by atoms with van der Waals surface area (Å²) in [5.41, 5.74) is 11.5. The summed E-state index contributed by atoms with van der Waals surface area (Å²) in [4.78, 5) is 11.5. The summed E-state index contributed by atoms with van der Waals surface area (Å²) in [6.07, 6.45) is 3.46. The minimum Gasteiger partial charge on any atom is -0.611 e. The number of nitrogen functional groups attached to an aromatic ring is 1. The largest absolute Gasteiger partial charge is 0.611 e. The molecule has 5 aromatic rings. The predicted octanol–water partition coefficient (Wildman–Crippen LogP) is 2.38. The molecule has 0 unspecified atom stereocenters. The van der Waals surface area contributed by atoms with Crippen molar-refractivity contribution in [3.8, 4) is 22.5 Å². The van der Waals surface area contributed by atoms with Crippen LogP contribution in [0.5, 0.6) is 0 Å². The first-order valence-electron chi connectivity index (χ1n) is 9.72. The Hall–Kier alpha value is -3.06. The summed E-state index contributed by atoms with van der Waals surface area (Å²) in [6, 6.07) is 5.79. The standard InChI is InChI=1S/C20H20N8O2S2/c1-27-15(4-5-23-27)12-9-13(11-8-14-18(22-10-11)26-28(2)25-14)24-19-16(12)17(21)20(31-19)32(29)7-6-30-3/h4-5,8-10H,6-7,21H2,1-3H3/t32-/m1/s1. The number of nitrogens with zero attached hydrogens (tertiary/aromatic N) is 7. The van der Waals surface area contributed by atoms with Gasteiger partial charge in [0, 0.05) is 61.3 Å². The Morgan fingerprint density at radius 1 is 1.25 bits per heavy atom. The van der Waals surface area contributed by atoms with Gasteiger partial charge in [-0.3, -0.25) is 4.68 Å². The molecule has 0 saturated carbocycles. The Morgan fingerprint density at radius 3 is 2.84 bits per heavy atom. The molecule has 0 fully saturated rings. The smallest absolute Gasteiger partial charge is 0.232 e. The lowest BCUT2D eigenvalue weighted by molar-refractivity contribution is 0.217. The molecular weight excluding hydrogens is 448 g/mol. The number of anilines is 1. The maximum atomic E-state index is 12.9. The number of methoxy groups -OCH3 is 1. The summed E-state index contributed by atoms with van der Waals surface area (Å²) < 4.78 is 20.3. The zero-order valence-corrected chi connectivity index (χ0v) is 19.3. The highest BCUT2D eigenvalue weighted by molar-refractivity contribution is 7.93. The van der Waals surface area contributed by atoms with E-state index in [-0.39, 0.29) is 0 Å². The minimum atomic E-state index is -1.28. The van der Waals surface area contributed by atoms with E-state index in [1.54, 1.807) is 31.2 Å². The van der Waals surface area contributed by atoms with Crippen molar-refractivity contribution in [2.45, 2.75) is 4.21 Å². The first-order chi connectivity index (χ1) is 15.5. The molecule has 0 aliphatic heterocycles. The number of rotatable bonds is 6. The lowest BCUT2D eigenvalue weighted by atomic mass is 10.0. The van der Waals surface area contributed by atoms with E-state index in [0.717, 1.165) is 22.2 Å². The van der Waals surface area contributed by atoms with E-state index >= 15 is 0 Å². The van der Waals surface area contributed by atoms with Gasteiger partial charge in [-0.1, -0.05) is 11.3 Å². The highest BCUT2D eigenvalue weighted by atomic mass is 32.2. The van der Waals surface area contributed by atoms with Gasteiger partial charge in [-0.05, 0) is 18.2 Å². The molecule has 0 saturated heterocycles. The number of aryl methyl sites for hydroxylation is 2. The van der Waals surface area contributed by atoms with Crippen molar-refractivity contribution in [1.29, 1.82) is 0 Å². The van der Waals surface area contributed by atoms with Crippen molar-refractivity contribution >= 4 is 49.6 Å². The van der Waals surface area contributed by atoms with Gasteiger partial charge in [0.25, 0.3) is 0 Å². The van der Waals surface area contributed by atoms with Crippen LogP contribution in [0.2, 0.25) is 0 Å². The molecule has 2 N–H and O–H groups in total.